The van der Waals surface area contributed by atoms with Gasteiger partial charge in [0.1, 0.15) is 0 Å². The van der Waals surface area contributed by atoms with Crippen LogP contribution >= 0.6 is 0 Å². The van der Waals surface area contributed by atoms with Crippen LogP contribution < -0.4 is 20.2 Å². The molecule has 0 saturated heterocycles. The van der Waals surface area contributed by atoms with E-state index in [-0.39, 0.29) is 18.2 Å². The fourth-order valence-electron chi connectivity index (χ4n) is 3.22. The molecule has 170 valence electrons. The first-order valence-corrected chi connectivity index (χ1v) is 10.6. The molecular formula is C26H27N3O4. The van der Waals surface area contributed by atoms with E-state index in [9.17, 15) is 9.59 Å². The molecule has 0 saturated carbocycles. The minimum absolute atomic E-state index is 0.0345. The monoisotopic (exact) mass is 445 g/mol. The normalized spacial score (nSPS) is 11.6. The Hall–Kier alpha value is -4.13. The second-order valence-electron chi connectivity index (χ2n) is 7.14. The van der Waals surface area contributed by atoms with Crippen molar-refractivity contribution in [2.45, 2.75) is 19.4 Å². The van der Waals surface area contributed by atoms with Crippen molar-refractivity contribution in [2.75, 3.05) is 13.7 Å². The smallest absolute Gasteiger partial charge is 0.251 e. The van der Waals surface area contributed by atoms with Gasteiger partial charge in [-0.2, -0.15) is 5.10 Å². The number of methoxy groups -OCH3 is 1. The van der Waals surface area contributed by atoms with E-state index >= 15 is 0 Å². The van der Waals surface area contributed by atoms with Crippen molar-refractivity contribution in [3.05, 3.63) is 95.6 Å². The minimum Gasteiger partial charge on any atom is -0.493 e. The largest absolute Gasteiger partial charge is 0.493 e. The predicted molar refractivity (Wildman–Crippen MR) is 128 cm³/mol. The molecule has 7 heteroatoms. The molecule has 0 radical (unpaired) electrons. The highest BCUT2D eigenvalue weighted by Gasteiger charge is 2.19. The van der Waals surface area contributed by atoms with Crippen LogP contribution in [0.3, 0.4) is 0 Å². The first-order chi connectivity index (χ1) is 16.1. The maximum atomic E-state index is 12.7. The second-order valence-corrected chi connectivity index (χ2v) is 7.14. The van der Waals surface area contributed by atoms with Crippen molar-refractivity contribution in [2.24, 2.45) is 5.10 Å². The quantitative estimate of drug-likeness (QED) is 0.363. The van der Waals surface area contributed by atoms with Crippen LogP contribution in [0.25, 0.3) is 0 Å². The lowest BCUT2D eigenvalue weighted by Gasteiger charge is -2.18. The number of benzene rings is 3. The van der Waals surface area contributed by atoms with E-state index in [0.717, 1.165) is 11.1 Å². The lowest BCUT2D eigenvalue weighted by molar-refractivity contribution is -0.121. The Kier molecular flexibility index (Phi) is 8.59. The van der Waals surface area contributed by atoms with Gasteiger partial charge in [0, 0.05) is 5.56 Å². The summed E-state index contributed by atoms with van der Waals surface area (Å²) in [4.78, 5) is 25.2. The number of hydrogen-bond donors (Lipinski definition) is 2. The van der Waals surface area contributed by atoms with Gasteiger partial charge in [-0.1, -0.05) is 48.5 Å². The zero-order valence-corrected chi connectivity index (χ0v) is 18.7. The highest BCUT2D eigenvalue weighted by atomic mass is 16.5. The van der Waals surface area contributed by atoms with Crippen LogP contribution in [0.4, 0.5) is 0 Å². The summed E-state index contributed by atoms with van der Waals surface area (Å²) in [6, 6.07) is 23.1. The standard InChI is InChI=1S/C26H27N3O4/c1-3-33-24-16-19(14-15-23(24)32-2)18-27-29-25(30)17-22(20-10-6-4-7-11-20)28-26(31)21-12-8-5-9-13-21/h4-16,18,22H,3,17H2,1-2H3,(H,28,31)(H,29,30)/b27-18-/t22-/m1/s1. The minimum atomic E-state index is -0.500. The van der Waals surface area contributed by atoms with Gasteiger partial charge in [0.2, 0.25) is 5.91 Å². The van der Waals surface area contributed by atoms with Crippen LogP contribution in [0, 0.1) is 0 Å². The fraction of sp³-hybridized carbons (Fsp3) is 0.192. The lowest BCUT2D eigenvalue weighted by atomic mass is 10.0. The number of nitrogens with one attached hydrogen (secondary N) is 2. The predicted octanol–water partition coefficient (Wildman–Crippen LogP) is 4.11. The molecule has 0 aromatic heterocycles. The molecule has 0 aliphatic rings. The van der Waals surface area contributed by atoms with Crippen LogP contribution in [0.5, 0.6) is 11.5 Å². The molecule has 0 unspecified atom stereocenters. The first kappa shape index (κ1) is 23.5. The summed E-state index contributed by atoms with van der Waals surface area (Å²) in [5.41, 5.74) is 4.64. The number of rotatable bonds is 10. The van der Waals surface area contributed by atoms with Gasteiger partial charge in [0.05, 0.1) is 32.4 Å². The van der Waals surface area contributed by atoms with E-state index in [1.807, 2.05) is 49.4 Å². The van der Waals surface area contributed by atoms with Gasteiger partial charge >= 0.3 is 0 Å². The summed E-state index contributed by atoms with van der Waals surface area (Å²) in [5.74, 6) is 0.649. The Balaban J connectivity index is 1.66. The third-order valence-electron chi connectivity index (χ3n) is 4.82. The summed E-state index contributed by atoms with van der Waals surface area (Å²) < 4.78 is 10.8. The molecule has 0 aliphatic carbocycles. The number of ether oxygens (including phenoxy) is 2. The second kappa shape index (κ2) is 12.0. The van der Waals surface area contributed by atoms with Gasteiger partial charge in [-0.25, -0.2) is 5.43 Å². The van der Waals surface area contributed by atoms with E-state index in [4.69, 9.17) is 9.47 Å². The van der Waals surface area contributed by atoms with E-state index in [2.05, 4.69) is 15.8 Å². The molecular weight excluding hydrogens is 418 g/mol. The Morgan fingerprint density at radius 2 is 1.67 bits per heavy atom. The third kappa shape index (κ3) is 6.93. The molecule has 0 bridgehead atoms. The van der Waals surface area contributed by atoms with E-state index in [0.29, 0.717) is 23.7 Å². The highest BCUT2D eigenvalue weighted by Crippen LogP contribution is 2.27. The Labute approximate surface area is 193 Å². The van der Waals surface area contributed by atoms with Crippen molar-refractivity contribution < 1.29 is 19.1 Å². The topological polar surface area (TPSA) is 89.0 Å². The van der Waals surface area contributed by atoms with Crippen molar-refractivity contribution in [3.8, 4) is 11.5 Å². The zero-order chi connectivity index (χ0) is 23.5. The summed E-state index contributed by atoms with van der Waals surface area (Å²) in [6.45, 7) is 2.39. The van der Waals surface area contributed by atoms with E-state index in [1.165, 1.54) is 6.21 Å². The molecule has 7 nitrogen and oxygen atoms in total. The van der Waals surface area contributed by atoms with Gasteiger partial charge in [-0.05, 0) is 48.4 Å². The average molecular weight is 446 g/mol. The summed E-state index contributed by atoms with van der Waals surface area (Å²) in [6.07, 6.45) is 1.56. The first-order valence-electron chi connectivity index (χ1n) is 10.6. The lowest BCUT2D eigenvalue weighted by Crippen LogP contribution is -2.32. The molecule has 0 aliphatic heterocycles. The number of nitrogens with zero attached hydrogens (tertiary/aromatic N) is 1. The van der Waals surface area contributed by atoms with Gasteiger partial charge in [-0.15, -0.1) is 0 Å². The summed E-state index contributed by atoms with van der Waals surface area (Å²) in [5, 5.41) is 6.99. The van der Waals surface area contributed by atoms with E-state index < -0.39 is 6.04 Å². The number of hydrogen-bond acceptors (Lipinski definition) is 5. The molecule has 3 rings (SSSR count). The Bertz CT molecular complexity index is 1090. The van der Waals surface area contributed by atoms with Crippen molar-refractivity contribution >= 4 is 18.0 Å². The molecule has 2 amide bonds. The molecule has 2 N–H and O–H groups in total. The SMILES string of the molecule is CCOc1cc(/C=N\NC(=O)C[C@@H](NC(=O)c2ccccc2)c2ccccc2)ccc1OC. The fourth-order valence-corrected chi connectivity index (χ4v) is 3.22. The number of carbonyl (C=O) groups is 2. The molecule has 0 heterocycles. The summed E-state index contributed by atoms with van der Waals surface area (Å²) >= 11 is 0. The van der Waals surface area contributed by atoms with Gasteiger partial charge in [-0.3, -0.25) is 9.59 Å². The molecule has 33 heavy (non-hydrogen) atoms. The molecule has 3 aromatic carbocycles. The molecule has 1 atom stereocenters. The Morgan fingerprint density at radius 1 is 0.970 bits per heavy atom. The van der Waals surface area contributed by atoms with Crippen molar-refractivity contribution in [1.29, 1.82) is 0 Å². The molecule has 0 spiro atoms. The maximum absolute atomic E-state index is 12.7. The van der Waals surface area contributed by atoms with Crippen LogP contribution in [-0.4, -0.2) is 31.7 Å². The molecule has 3 aromatic rings. The highest BCUT2D eigenvalue weighted by molar-refractivity contribution is 5.94. The van der Waals surface area contributed by atoms with Crippen molar-refractivity contribution in [1.82, 2.24) is 10.7 Å². The van der Waals surface area contributed by atoms with Crippen LogP contribution in [-0.2, 0) is 4.79 Å². The van der Waals surface area contributed by atoms with Gasteiger partial charge < -0.3 is 14.8 Å². The van der Waals surface area contributed by atoms with Crippen molar-refractivity contribution in [3.63, 3.8) is 0 Å². The van der Waals surface area contributed by atoms with Crippen LogP contribution in [0.15, 0.2) is 84.0 Å². The summed E-state index contributed by atoms with van der Waals surface area (Å²) in [7, 11) is 1.57. The van der Waals surface area contributed by atoms with Gasteiger partial charge in [0.25, 0.3) is 5.91 Å². The average Bonchev–Trinajstić information content (AvgIpc) is 2.85. The van der Waals surface area contributed by atoms with Gasteiger partial charge in [0.15, 0.2) is 11.5 Å². The Morgan fingerprint density at radius 3 is 2.33 bits per heavy atom. The van der Waals surface area contributed by atoms with Crippen LogP contribution in [0.2, 0.25) is 0 Å². The maximum Gasteiger partial charge on any atom is 0.251 e. The molecule has 0 fully saturated rings. The number of carbonyl (C=O) groups excluding carboxylic acids is 2. The zero-order valence-electron chi connectivity index (χ0n) is 18.7. The van der Waals surface area contributed by atoms with Crippen LogP contribution in [0.1, 0.15) is 40.9 Å². The van der Waals surface area contributed by atoms with E-state index in [1.54, 1.807) is 43.5 Å². The number of amides is 2. The number of hydrazone groups is 1. The third-order valence-corrected chi connectivity index (χ3v) is 4.82.